The highest BCUT2D eigenvalue weighted by molar-refractivity contribution is 7.80. The summed E-state index contributed by atoms with van der Waals surface area (Å²) in [6.07, 6.45) is 5.16. The molecule has 1 atom stereocenters. The van der Waals surface area contributed by atoms with Crippen molar-refractivity contribution in [1.29, 1.82) is 0 Å². The monoisotopic (exact) mass is 259 g/mol. The van der Waals surface area contributed by atoms with Gasteiger partial charge in [0.15, 0.2) is 0 Å². The molecule has 0 spiro atoms. The van der Waals surface area contributed by atoms with Gasteiger partial charge >= 0.3 is 0 Å². The zero-order valence-corrected chi connectivity index (χ0v) is 10.7. The van der Waals surface area contributed by atoms with Crippen molar-refractivity contribution in [2.75, 3.05) is 5.32 Å². The Morgan fingerprint density at radius 3 is 2.89 bits per heavy atom. The molecule has 5 nitrogen and oxygen atoms in total. The third-order valence-corrected chi connectivity index (χ3v) is 2.65. The predicted octanol–water partition coefficient (Wildman–Crippen LogP) is 1.68. The third-order valence-electron chi connectivity index (χ3n) is 2.44. The van der Waals surface area contributed by atoms with Crippen molar-refractivity contribution >= 4 is 23.2 Å². The Morgan fingerprint density at radius 1 is 1.39 bits per heavy atom. The Morgan fingerprint density at radius 2 is 2.22 bits per heavy atom. The number of hydrogen-bond donors (Lipinski definition) is 2. The molecule has 6 heteroatoms. The van der Waals surface area contributed by atoms with E-state index in [9.17, 15) is 0 Å². The van der Waals surface area contributed by atoms with E-state index in [2.05, 4.69) is 20.3 Å². The summed E-state index contributed by atoms with van der Waals surface area (Å²) in [5.74, 6) is 0.497. The molecule has 1 unspecified atom stereocenters. The van der Waals surface area contributed by atoms with Crippen LogP contribution in [0.5, 0.6) is 0 Å². The van der Waals surface area contributed by atoms with Gasteiger partial charge in [-0.3, -0.25) is 4.98 Å². The van der Waals surface area contributed by atoms with Gasteiger partial charge in [-0.1, -0.05) is 18.3 Å². The van der Waals surface area contributed by atoms with Gasteiger partial charge in [0.05, 0.1) is 6.04 Å². The summed E-state index contributed by atoms with van der Waals surface area (Å²) >= 11 is 4.88. The Kier molecular flexibility index (Phi) is 3.78. The summed E-state index contributed by atoms with van der Waals surface area (Å²) in [4.78, 5) is 12.7. The lowest BCUT2D eigenvalue weighted by molar-refractivity contribution is 0.852. The summed E-state index contributed by atoms with van der Waals surface area (Å²) in [7, 11) is 0. The van der Waals surface area contributed by atoms with Crippen LogP contribution in [0.1, 0.15) is 24.2 Å². The van der Waals surface area contributed by atoms with Gasteiger partial charge in [-0.25, -0.2) is 9.97 Å². The van der Waals surface area contributed by atoms with Crippen molar-refractivity contribution in [3.63, 3.8) is 0 Å². The Hall–Kier alpha value is -2.08. The SMILES string of the molecule is CC(Nc1nccc(C(N)=S)n1)c1cccnc1. The molecule has 0 aromatic carbocycles. The van der Waals surface area contributed by atoms with Gasteiger partial charge in [-0.05, 0) is 24.6 Å². The van der Waals surface area contributed by atoms with E-state index in [4.69, 9.17) is 18.0 Å². The van der Waals surface area contributed by atoms with Gasteiger partial charge in [-0.15, -0.1) is 0 Å². The fraction of sp³-hybridized carbons (Fsp3) is 0.167. The second kappa shape index (κ2) is 5.50. The number of nitrogens with zero attached hydrogens (tertiary/aromatic N) is 3. The molecular formula is C12H13N5S. The standard InChI is InChI=1S/C12H13N5S/c1-8(9-3-2-5-14-7-9)16-12-15-6-4-10(17-12)11(13)18/h2-8H,1H3,(H2,13,18)(H,15,16,17). The molecule has 0 aliphatic carbocycles. The van der Waals surface area contributed by atoms with E-state index in [-0.39, 0.29) is 11.0 Å². The molecule has 0 fully saturated rings. The van der Waals surface area contributed by atoms with Crippen molar-refractivity contribution in [3.8, 4) is 0 Å². The van der Waals surface area contributed by atoms with Crippen LogP contribution in [0.4, 0.5) is 5.95 Å². The highest BCUT2D eigenvalue weighted by atomic mass is 32.1. The van der Waals surface area contributed by atoms with Crippen LogP contribution >= 0.6 is 12.2 Å². The van der Waals surface area contributed by atoms with Crippen LogP contribution in [0.25, 0.3) is 0 Å². The summed E-state index contributed by atoms with van der Waals surface area (Å²) in [5, 5.41) is 3.18. The Labute approximate surface area is 110 Å². The Bertz CT molecular complexity index is 543. The zero-order valence-electron chi connectivity index (χ0n) is 9.87. The maximum atomic E-state index is 5.53. The molecule has 2 rings (SSSR count). The average Bonchev–Trinajstić information content (AvgIpc) is 2.40. The molecule has 2 aromatic heterocycles. The van der Waals surface area contributed by atoms with Gasteiger partial charge < -0.3 is 11.1 Å². The average molecular weight is 259 g/mol. The highest BCUT2D eigenvalue weighted by Crippen LogP contribution is 2.15. The van der Waals surface area contributed by atoms with Crippen LogP contribution in [0.15, 0.2) is 36.8 Å². The Balaban J connectivity index is 2.14. The van der Waals surface area contributed by atoms with Crippen molar-refractivity contribution < 1.29 is 0 Å². The molecule has 0 aliphatic heterocycles. The normalized spacial score (nSPS) is 11.8. The van der Waals surface area contributed by atoms with Crippen molar-refractivity contribution in [2.45, 2.75) is 13.0 Å². The van der Waals surface area contributed by atoms with Gasteiger partial charge in [-0.2, -0.15) is 0 Å². The van der Waals surface area contributed by atoms with Crippen LogP contribution < -0.4 is 11.1 Å². The fourth-order valence-corrected chi connectivity index (χ4v) is 1.59. The van der Waals surface area contributed by atoms with Crippen LogP contribution in [0.3, 0.4) is 0 Å². The molecule has 0 amide bonds. The first kappa shape index (κ1) is 12.4. The topological polar surface area (TPSA) is 76.7 Å². The van der Waals surface area contributed by atoms with Gasteiger partial charge in [0.1, 0.15) is 10.7 Å². The first-order valence-electron chi connectivity index (χ1n) is 5.46. The molecule has 0 aliphatic rings. The van der Waals surface area contributed by atoms with E-state index in [1.807, 2.05) is 19.1 Å². The smallest absolute Gasteiger partial charge is 0.223 e. The number of anilines is 1. The molecule has 18 heavy (non-hydrogen) atoms. The minimum absolute atomic E-state index is 0.0558. The number of pyridine rings is 1. The minimum atomic E-state index is 0.0558. The molecule has 3 N–H and O–H groups in total. The largest absolute Gasteiger partial charge is 0.388 e. The van der Waals surface area contributed by atoms with E-state index < -0.39 is 0 Å². The van der Waals surface area contributed by atoms with Crippen LogP contribution in [0, 0.1) is 0 Å². The molecule has 0 saturated carbocycles. The summed E-state index contributed by atoms with van der Waals surface area (Å²) < 4.78 is 0. The second-order valence-corrected chi connectivity index (χ2v) is 4.22. The molecule has 0 bridgehead atoms. The minimum Gasteiger partial charge on any atom is -0.388 e. The highest BCUT2D eigenvalue weighted by Gasteiger charge is 2.07. The molecule has 2 heterocycles. The number of nitrogens with one attached hydrogen (secondary N) is 1. The second-order valence-electron chi connectivity index (χ2n) is 3.78. The molecule has 0 radical (unpaired) electrons. The van der Waals surface area contributed by atoms with Crippen molar-refractivity contribution in [2.24, 2.45) is 5.73 Å². The number of thiocarbonyl (C=S) groups is 1. The number of hydrogen-bond acceptors (Lipinski definition) is 5. The lowest BCUT2D eigenvalue weighted by Crippen LogP contribution is -2.15. The quantitative estimate of drug-likeness (QED) is 0.813. The van der Waals surface area contributed by atoms with Crippen molar-refractivity contribution in [3.05, 3.63) is 48.0 Å². The predicted molar refractivity (Wildman–Crippen MR) is 74.2 cm³/mol. The third kappa shape index (κ3) is 2.98. The van der Waals surface area contributed by atoms with Gasteiger partial charge in [0.25, 0.3) is 0 Å². The summed E-state index contributed by atoms with van der Waals surface area (Å²) in [6.45, 7) is 2.01. The van der Waals surface area contributed by atoms with E-state index in [0.29, 0.717) is 11.6 Å². The van der Waals surface area contributed by atoms with Gasteiger partial charge in [0, 0.05) is 18.6 Å². The molecular weight excluding hydrogens is 246 g/mol. The maximum absolute atomic E-state index is 5.53. The van der Waals surface area contributed by atoms with E-state index in [1.54, 1.807) is 24.7 Å². The lowest BCUT2D eigenvalue weighted by atomic mass is 10.1. The fourth-order valence-electron chi connectivity index (χ4n) is 1.47. The lowest BCUT2D eigenvalue weighted by Gasteiger charge is -2.13. The molecule has 2 aromatic rings. The van der Waals surface area contributed by atoms with Crippen LogP contribution in [-0.4, -0.2) is 19.9 Å². The molecule has 92 valence electrons. The number of nitrogens with two attached hydrogens (primary N) is 1. The number of rotatable bonds is 4. The zero-order chi connectivity index (χ0) is 13.0. The van der Waals surface area contributed by atoms with E-state index >= 15 is 0 Å². The first-order chi connectivity index (χ1) is 8.66. The molecule has 0 saturated heterocycles. The first-order valence-corrected chi connectivity index (χ1v) is 5.87. The van der Waals surface area contributed by atoms with Gasteiger partial charge in [0.2, 0.25) is 5.95 Å². The van der Waals surface area contributed by atoms with Crippen LogP contribution in [0.2, 0.25) is 0 Å². The maximum Gasteiger partial charge on any atom is 0.223 e. The van der Waals surface area contributed by atoms with Crippen molar-refractivity contribution in [1.82, 2.24) is 15.0 Å². The van der Waals surface area contributed by atoms with E-state index in [0.717, 1.165) is 5.56 Å². The number of aromatic nitrogens is 3. The van der Waals surface area contributed by atoms with E-state index in [1.165, 1.54) is 0 Å². The summed E-state index contributed by atoms with van der Waals surface area (Å²) in [5.41, 5.74) is 7.14. The van der Waals surface area contributed by atoms with Crippen LogP contribution in [-0.2, 0) is 0 Å². The summed E-state index contributed by atoms with van der Waals surface area (Å²) in [6, 6.07) is 5.62.